The largest absolute Gasteiger partial charge is 0.372 e. The molecule has 11 heavy (non-hydrogen) atoms. The van der Waals surface area contributed by atoms with Gasteiger partial charge in [-0.3, -0.25) is 0 Å². The van der Waals surface area contributed by atoms with Gasteiger partial charge in [-0.1, -0.05) is 18.6 Å². The van der Waals surface area contributed by atoms with Crippen molar-refractivity contribution in [1.82, 2.24) is 0 Å². The summed E-state index contributed by atoms with van der Waals surface area (Å²) in [4.78, 5) is 0. The van der Waals surface area contributed by atoms with E-state index in [9.17, 15) is 0 Å². The van der Waals surface area contributed by atoms with Gasteiger partial charge in [-0.2, -0.15) is 0 Å². The summed E-state index contributed by atoms with van der Waals surface area (Å²) in [5.41, 5.74) is 1.39. The lowest BCUT2D eigenvalue weighted by Gasteiger charge is -2.18. The average molecular weight is 156 g/mol. The first-order chi connectivity index (χ1) is 4.95. The van der Waals surface area contributed by atoms with Crippen LogP contribution in [0.1, 0.15) is 41.0 Å². The molecule has 66 valence electrons. The number of allylic oxidation sites excluding steroid dienone is 1. The van der Waals surface area contributed by atoms with Crippen LogP contribution in [-0.4, -0.2) is 12.2 Å². The zero-order valence-corrected chi connectivity index (χ0v) is 8.40. The fourth-order valence-electron chi connectivity index (χ4n) is 0.578. The monoisotopic (exact) mass is 156 g/mol. The van der Waals surface area contributed by atoms with Crippen molar-refractivity contribution in [3.8, 4) is 0 Å². The lowest BCUT2D eigenvalue weighted by atomic mass is 10.2. The van der Waals surface area contributed by atoms with Crippen LogP contribution in [0.2, 0.25) is 0 Å². The van der Waals surface area contributed by atoms with E-state index in [0.29, 0.717) is 0 Å². The predicted molar refractivity (Wildman–Crippen MR) is 49.8 cm³/mol. The maximum atomic E-state index is 5.53. The first-order valence-electron chi connectivity index (χ1n) is 4.25. The molecule has 0 amide bonds. The van der Waals surface area contributed by atoms with Gasteiger partial charge in [0.1, 0.15) is 0 Å². The van der Waals surface area contributed by atoms with Crippen LogP contribution in [0.3, 0.4) is 0 Å². The van der Waals surface area contributed by atoms with E-state index in [0.717, 1.165) is 13.0 Å². The molecule has 0 aliphatic rings. The molecule has 0 aromatic carbocycles. The Kier molecular flexibility index (Phi) is 4.43. The second-order valence-electron chi connectivity index (χ2n) is 3.83. The maximum absolute atomic E-state index is 5.53. The van der Waals surface area contributed by atoms with E-state index in [4.69, 9.17) is 4.74 Å². The van der Waals surface area contributed by atoms with E-state index < -0.39 is 0 Å². The van der Waals surface area contributed by atoms with Gasteiger partial charge in [-0.25, -0.2) is 0 Å². The molecule has 0 aromatic heterocycles. The third kappa shape index (κ3) is 7.60. The molecule has 0 heterocycles. The SMILES string of the molecule is CC/C(C)=C/COC(C)(C)C. The molecule has 0 fully saturated rings. The van der Waals surface area contributed by atoms with Crippen molar-refractivity contribution in [3.63, 3.8) is 0 Å². The molecule has 0 atom stereocenters. The van der Waals surface area contributed by atoms with Crippen LogP contribution in [0, 0.1) is 0 Å². The molecule has 0 rings (SSSR count). The zero-order chi connectivity index (χ0) is 8.91. The van der Waals surface area contributed by atoms with E-state index in [-0.39, 0.29) is 5.60 Å². The molecule has 0 saturated carbocycles. The van der Waals surface area contributed by atoms with E-state index in [1.807, 2.05) is 0 Å². The molecule has 0 aromatic rings. The Morgan fingerprint density at radius 2 is 1.91 bits per heavy atom. The summed E-state index contributed by atoms with van der Waals surface area (Å²) in [6, 6.07) is 0. The molecule has 0 saturated heterocycles. The first-order valence-corrected chi connectivity index (χ1v) is 4.25. The van der Waals surface area contributed by atoms with Crippen LogP contribution < -0.4 is 0 Å². The Balaban J connectivity index is 3.57. The van der Waals surface area contributed by atoms with Gasteiger partial charge in [-0.15, -0.1) is 0 Å². The van der Waals surface area contributed by atoms with Gasteiger partial charge < -0.3 is 4.74 Å². The molecule has 0 radical (unpaired) electrons. The van der Waals surface area contributed by atoms with Crippen molar-refractivity contribution in [1.29, 1.82) is 0 Å². The van der Waals surface area contributed by atoms with Crippen molar-refractivity contribution >= 4 is 0 Å². The number of rotatable bonds is 3. The van der Waals surface area contributed by atoms with Gasteiger partial charge in [0, 0.05) is 0 Å². The molecule has 0 unspecified atom stereocenters. The molecule has 0 N–H and O–H groups in total. The Morgan fingerprint density at radius 1 is 1.36 bits per heavy atom. The standard InChI is InChI=1S/C10H20O/c1-6-9(2)7-8-11-10(3,4)5/h7H,6,8H2,1-5H3/b9-7+. The van der Waals surface area contributed by atoms with Gasteiger partial charge >= 0.3 is 0 Å². The van der Waals surface area contributed by atoms with Crippen molar-refractivity contribution in [3.05, 3.63) is 11.6 Å². The highest BCUT2D eigenvalue weighted by molar-refractivity contribution is 4.96. The molecule has 0 aliphatic carbocycles. The van der Waals surface area contributed by atoms with E-state index in [1.165, 1.54) is 5.57 Å². The number of hydrogen-bond acceptors (Lipinski definition) is 1. The highest BCUT2D eigenvalue weighted by Gasteiger charge is 2.07. The Morgan fingerprint density at radius 3 is 2.27 bits per heavy atom. The van der Waals surface area contributed by atoms with Crippen molar-refractivity contribution < 1.29 is 4.74 Å². The fraction of sp³-hybridized carbons (Fsp3) is 0.800. The molecule has 0 bridgehead atoms. The molecular weight excluding hydrogens is 136 g/mol. The van der Waals surface area contributed by atoms with Crippen molar-refractivity contribution in [2.45, 2.75) is 46.6 Å². The summed E-state index contributed by atoms with van der Waals surface area (Å²) in [6.45, 7) is 11.2. The van der Waals surface area contributed by atoms with Gasteiger partial charge in [-0.05, 0) is 34.1 Å². The summed E-state index contributed by atoms with van der Waals surface area (Å²) in [6.07, 6.45) is 3.26. The minimum absolute atomic E-state index is 0.00940. The molecule has 1 nitrogen and oxygen atoms in total. The normalized spacial score (nSPS) is 13.7. The molecular formula is C10H20O. The van der Waals surface area contributed by atoms with Crippen LogP contribution in [-0.2, 0) is 4.74 Å². The first kappa shape index (κ1) is 10.7. The number of ether oxygens (including phenoxy) is 1. The molecule has 0 spiro atoms. The minimum Gasteiger partial charge on any atom is -0.372 e. The van der Waals surface area contributed by atoms with Crippen molar-refractivity contribution in [2.24, 2.45) is 0 Å². The quantitative estimate of drug-likeness (QED) is 0.570. The van der Waals surface area contributed by atoms with E-state index in [1.54, 1.807) is 0 Å². The smallest absolute Gasteiger partial charge is 0.0657 e. The average Bonchev–Trinajstić information content (AvgIpc) is 1.85. The van der Waals surface area contributed by atoms with Crippen LogP contribution in [0.4, 0.5) is 0 Å². The highest BCUT2D eigenvalue weighted by atomic mass is 16.5. The van der Waals surface area contributed by atoms with Gasteiger partial charge in [0.2, 0.25) is 0 Å². The second kappa shape index (κ2) is 4.55. The molecule has 1 heteroatoms. The van der Waals surface area contributed by atoms with E-state index >= 15 is 0 Å². The van der Waals surface area contributed by atoms with E-state index in [2.05, 4.69) is 40.7 Å². The second-order valence-corrected chi connectivity index (χ2v) is 3.83. The summed E-state index contributed by atoms with van der Waals surface area (Å²) in [5.74, 6) is 0. The predicted octanol–water partition coefficient (Wildman–Crippen LogP) is 3.16. The van der Waals surface area contributed by atoms with Crippen LogP contribution in [0.25, 0.3) is 0 Å². The fourth-order valence-corrected chi connectivity index (χ4v) is 0.578. The summed E-state index contributed by atoms with van der Waals surface area (Å²) in [7, 11) is 0. The topological polar surface area (TPSA) is 9.23 Å². The van der Waals surface area contributed by atoms with Crippen LogP contribution >= 0.6 is 0 Å². The minimum atomic E-state index is -0.00940. The van der Waals surface area contributed by atoms with Gasteiger partial charge in [0.05, 0.1) is 12.2 Å². The lowest BCUT2D eigenvalue weighted by molar-refractivity contribution is 0.0147. The highest BCUT2D eigenvalue weighted by Crippen LogP contribution is 2.07. The van der Waals surface area contributed by atoms with Gasteiger partial charge in [0.25, 0.3) is 0 Å². The number of hydrogen-bond donors (Lipinski definition) is 0. The summed E-state index contributed by atoms with van der Waals surface area (Å²) in [5, 5.41) is 0. The third-order valence-electron chi connectivity index (χ3n) is 1.51. The van der Waals surface area contributed by atoms with Crippen LogP contribution in [0.5, 0.6) is 0 Å². The third-order valence-corrected chi connectivity index (χ3v) is 1.51. The molecule has 0 aliphatic heterocycles. The van der Waals surface area contributed by atoms with Crippen LogP contribution in [0.15, 0.2) is 11.6 Å². The Labute approximate surface area is 70.4 Å². The zero-order valence-electron chi connectivity index (χ0n) is 8.40. The lowest BCUT2D eigenvalue weighted by Crippen LogP contribution is -2.18. The van der Waals surface area contributed by atoms with Gasteiger partial charge in [0.15, 0.2) is 0 Å². The van der Waals surface area contributed by atoms with Crippen molar-refractivity contribution in [2.75, 3.05) is 6.61 Å². The Bertz CT molecular complexity index is 128. The maximum Gasteiger partial charge on any atom is 0.0657 e. The Hall–Kier alpha value is -0.300. The summed E-state index contributed by atoms with van der Waals surface area (Å²) < 4.78 is 5.53. The summed E-state index contributed by atoms with van der Waals surface area (Å²) >= 11 is 0.